The van der Waals surface area contributed by atoms with Crippen LogP contribution in [0.3, 0.4) is 0 Å². The van der Waals surface area contributed by atoms with E-state index < -0.39 is 23.3 Å². The molecule has 0 aromatic heterocycles. The maximum atomic E-state index is 11.6. The van der Waals surface area contributed by atoms with Crippen molar-refractivity contribution in [2.75, 3.05) is 0 Å². The zero-order valence-electron chi connectivity index (χ0n) is 20.9. The summed E-state index contributed by atoms with van der Waals surface area (Å²) in [5, 5.41) is 40.2. The highest BCUT2D eigenvalue weighted by Gasteiger charge is 2.50. The second kappa shape index (κ2) is 9.67. The molecule has 0 aliphatic heterocycles. The lowest BCUT2D eigenvalue weighted by atomic mass is 9.60. The van der Waals surface area contributed by atoms with Crippen molar-refractivity contribution in [2.24, 2.45) is 23.2 Å². The minimum Gasteiger partial charge on any atom is -0.479 e. The predicted octanol–water partition coefficient (Wildman–Crippen LogP) is 5.16. The maximum absolute atomic E-state index is 11.6. The summed E-state index contributed by atoms with van der Waals surface area (Å²) in [6, 6.07) is 0. The molecular weight excluding hydrogens is 416 g/mol. The maximum Gasteiger partial charge on any atom is 0.336 e. The first-order valence-corrected chi connectivity index (χ1v) is 12.7. The predicted molar refractivity (Wildman–Crippen MR) is 131 cm³/mol. The van der Waals surface area contributed by atoms with E-state index in [9.17, 15) is 25.2 Å². The summed E-state index contributed by atoms with van der Waals surface area (Å²) in [4.78, 5) is 11.6. The molecule has 0 aromatic carbocycles. The molecule has 3 saturated carbocycles. The van der Waals surface area contributed by atoms with Crippen LogP contribution in [0.1, 0.15) is 91.9 Å². The van der Waals surface area contributed by atoms with Crippen LogP contribution in [0.4, 0.5) is 0 Å². The number of hydrogen-bond donors (Lipinski definition) is 4. The topological polar surface area (TPSA) is 98.0 Å². The fraction of sp³-hybridized carbons (Fsp3) is 0.750. The Hall–Kier alpha value is -1.43. The van der Waals surface area contributed by atoms with Gasteiger partial charge in [0.25, 0.3) is 0 Å². The summed E-state index contributed by atoms with van der Waals surface area (Å²) >= 11 is 0. The molecule has 0 heterocycles. The summed E-state index contributed by atoms with van der Waals surface area (Å²) < 4.78 is 0. The Balaban J connectivity index is 1.75. The molecule has 3 aliphatic rings. The smallest absolute Gasteiger partial charge is 0.336 e. The zero-order chi connectivity index (χ0) is 24.6. The molecule has 6 atom stereocenters. The van der Waals surface area contributed by atoms with Crippen molar-refractivity contribution in [1.29, 1.82) is 0 Å². The number of carboxylic acids is 1. The van der Waals surface area contributed by atoms with E-state index in [-0.39, 0.29) is 18.3 Å². The van der Waals surface area contributed by atoms with Gasteiger partial charge in [-0.1, -0.05) is 51.0 Å². The number of rotatable bonds is 7. The van der Waals surface area contributed by atoms with E-state index in [1.807, 2.05) is 19.9 Å². The Morgan fingerprint density at radius 3 is 2.64 bits per heavy atom. The largest absolute Gasteiger partial charge is 0.479 e. The fourth-order valence-electron chi connectivity index (χ4n) is 6.97. The van der Waals surface area contributed by atoms with Gasteiger partial charge >= 0.3 is 5.97 Å². The minimum absolute atomic E-state index is 0.0230. The second-order valence-corrected chi connectivity index (χ2v) is 12.0. The van der Waals surface area contributed by atoms with Crippen molar-refractivity contribution in [3.8, 4) is 0 Å². The monoisotopic (exact) mass is 460 g/mol. The van der Waals surface area contributed by atoms with Crippen LogP contribution in [0, 0.1) is 23.2 Å². The average Bonchev–Trinajstić information content (AvgIpc) is 3.06. The van der Waals surface area contributed by atoms with E-state index in [0.717, 1.165) is 32.1 Å². The molecule has 186 valence electrons. The number of allylic oxidation sites excluding steroid dienone is 3. The van der Waals surface area contributed by atoms with Gasteiger partial charge in [-0.25, -0.2) is 4.79 Å². The molecule has 3 rings (SSSR count). The quantitative estimate of drug-likeness (QED) is 0.421. The Morgan fingerprint density at radius 2 is 2.00 bits per heavy atom. The van der Waals surface area contributed by atoms with Crippen LogP contribution >= 0.6 is 0 Å². The highest BCUT2D eigenvalue weighted by atomic mass is 16.4. The lowest BCUT2D eigenvalue weighted by molar-refractivity contribution is -0.162. The third kappa shape index (κ3) is 5.63. The van der Waals surface area contributed by atoms with E-state index in [4.69, 9.17) is 0 Å². The summed E-state index contributed by atoms with van der Waals surface area (Å²) in [6.07, 6.45) is 11.6. The van der Waals surface area contributed by atoms with E-state index in [1.165, 1.54) is 24.8 Å². The first kappa shape index (κ1) is 26.2. The summed E-state index contributed by atoms with van der Waals surface area (Å²) in [7, 11) is 0. The van der Waals surface area contributed by atoms with Gasteiger partial charge in [-0.2, -0.15) is 0 Å². The molecule has 0 saturated heterocycles. The van der Waals surface area contributed by atoms with Gasteiger partial charge in [-0.05, 0) is 86.7 Å². The number of carbonyl (C=O) groups is 1. The zero-order valence-corrected chi connectivity index (χ0v) is 20.9. The van der Waals surface area contributed by atoms with Gasteiger partial charge < -0.3 is 20.4 Å². The molecule has 1 unspecified atom stereocenters. The highest BCUT2D eigenvalue weighted by Crippen LogP contribution is 2.60. The van der Waals surface area contributed by atoms with Gasteiger partial charge in [-0.15, -0.1) is 0 Å². The van der Waals surface area contributed by atoms with Crippen LogP contribution in [0.25, 0.3) is 0 Å². The van der Waals surface area contributed by atoms with Gasteiger partial charge in [0, 0.05) is 12.8 Å². The molecule has 33 heavy (non-hydrogen) atoms. The SMILES string of the molecule is C=C1C(=CC=C2CCC[C@@]3(C)C2CC[C@@H]3[C@H](C)CCCC(C)(C)O)C[C@](O)(C(=O)O)C[C@@H]1O. The van der Waals surface area contributed by atoms with Crippen LogP contribution in [-0.2, 0) is 4.79 Å². The van der Waals surface area contributed by atoms with Crippen LogP contribution in [-0.4, -0.2) is 43.7 Å². The Labute approximate surface area is 199 Å². The van der Waals surface area contributed by atoms with Gasteiger partial charge in [0.15, 0.2) is 5.60 Å². The Morgan fingerprint density at radius 1 is 1.30 bits per heavy atom. The molecule has 0 bridgehead atoms. The molecule has 3 aliphatic carbocycles. The third-order valence-corrected chi connectivity index (χ3v) is 8.90. The number of hydrogen-bond acceptors (Lipinski definition) is 4. The molecule has 0 amide bonds. The van der Waals surface area contributed by atoms with Crippen LogP contribution < -0.4 is 0 Å². The standard InChI is InChI=1S/C28H44O5/c1-18(8-6-14-26(3,4)32)22-12-13-23-20(9-7-15-27(22,23)5)10-11-21-16-28(33,25(30)31)17-24(29)19(21)2/h10-11,18,22-24,29,32-33H,2,6-9,12-17H2,1,3-5H3,(H,30,31)/t18-,22-,23?,24+,27-,28-/m1/s1. The number of aliphatic hydroxyl groups excluding tert-OH is 1. The highest BCUT2D eigenvalue weighted by molar-refractivity contribution is 5.78. The van der Waals surface area contributed by atoms with Crippen molar-refractivity contribution >= 4 is 5.97 Å². The van der Waals surface area contributed by atoms with E-state index in [0.29, 0.717) is 28.9 Å². The minimum atomic E-state index is -1.94. The summed E-state index contributed by atoms with van der Waals surface area (Å²) in [6.45, 7) is 12.6. The van der Waals surface area contributed by atoms with Crippen molar-refractivity contribution in [1.82, 2.24) is 0 Å². The lowest BCUT2D eigenvalue weighted by Crippen LogP contribution is -2.46. The van der Waals surface area contributed by atoms with Crippen LogP contribution in [0.5, 0.6) is 0 Å². The van der Waals surface area contributed by atoms with Gasteiger partial charge in [0.2, 0.25) is 0 Å². The van der Waals surface area contributed by atoms with E-state index in [2.05, 4.69) is 26.5 Å². The molecule has 0 radical (unpaired) electrons. The first-order valence-electron chi connectivity index (χ1n) is 12.7. The van der Waals surface area contributed by atoms with Crippen molar-refractivity contribution in [3.63, 3.8) is 0 Å². The number of aliphatic carboxylic acids is 1. The van der Waals surface area contributed by atoms with Crippen molar-refractivity contribution in [2.45, 2.75) is 109 Å². The number of fused-ring (bicyclic) bond motifs is 1. The number of aliphatic hydroxyl groups is 3. The molecular formula is C28H44O5. The average molecular weight is 461 g/mol. The molecule has 3 fully saturated rings. The molecule has 0 spiro atoms. The molecule has 5 heteroatoms. The van der Waals surface area contributed by atoms with E-state index >= 15 is 0 Å². The normalized spacial score (nSPS) is 38.5. The Bertz CT molecular complexity index is 819. The third-order valence-electron chi connectivity index (χ3n) is 8.90. The Kier molecular flexibility index (Phi) is 7.67. The lowest BCUT2D eigenvalue weighted by Gasteiger charge is -2.44. The van der Waals surface area contributed by atoms with Crippen LogP contribution in [0.2, 0.25) is 0 Å². The van der Waals surface area contributed by atoms with Gasteiger partial charge in [0.05, 0.1) is 11.7 Å². The number of carboxylic acid groups (broad SMARTS) is 1. The fourth-order valence-corrected chi connectivity index (χ4v) is 6.97. The van der Waals surface area contributed by atoms with Gasteiger partial charge in [0.1, 0.15) is 0 Å². The summed E-state index contributed by atoms with van der Waals surface area (Å²) in [5.41, 5.74) is 0.285. The summed E-state index contributed by atoms with van der Waals surface area (Å²) in [5.74, 6) is 0.517. The second-order valence-electron chi connectivity index (χ2n) is 12.0. The van der Waals surface area contributed by atoms with Crippen LogP contribution in [0.15, 0.2) is 35.5 Å². The first-order chi connectivity index (χ1) is 15.3. The van der Waals surface area contributed by atoms with Crippen molar-refractivity contribution in [3.05, 3.63) is 35.5 Å². The van der Waals surface area contributed by atoms with Crippen molar-refractivity contribution < 1.29 is 25.2 Å². The molecule has 4 N–H and O–H groups in total. The molecule has 5 nitrogen and oxygen atoms in total. The molecule has 0 aromatic rings. The van der Waals surface area contributed by atoms with E-state index in [1.54, 1.807) is 0 Å². The van der Waals surface area contributed by atoms with Gasteiger partial charge in [-0.3, -0.25) is 0 Å².